The van der Waals surface area contributed by atoms with Crippen molar-refractivity contribution in [1.82, 2.24) is 10.3 Å². The summed E-state index contributed by atoms with van der Waals surface area (Å²) in [6, 6.07) is 15.5. The molecule has 1 N–H and O–H groups in total. The van der Waals surface area contributed by atoms with E-state index in [0.717, 1.165) is 15.4 Å². The van der Waals surface area contributed by atoms with Crippen LogP contribution in [0.15, 0.2) is 54.7 Å². The van der Waals surface area contributed by atoms with E-state index in [1.54, 1.807) is 6.20 Å². The molecule has 3 rings (SSSR count). The lowest BCUT2D eigenvalue weighted by atomic mass is 10.1. The van der Waals surface area contributed by atoms with E-state index in [9.17, 15) is 4.79 Å². The smallest absolute Gasteiger partial charge is 0.257 e. The maximum atomic E-state index is 12.0. The summed E-state index contributed by atoms with van der Waals surface area (Å²) >= 11 is 8.38. The summed E-state index contributed by atoms with van der Waals surface area (Å²) in [4.78, 5) is 16.4. The fraction of sp³-hybridized carbons (Fsp3) is 0.158. The van der Waals surface area contributed by atoms with Crippen LogP contribution >= 0.6 is 34.2 Å². The number of nitrogens with one attached hydrogen (secondary N) is 1. The molecule has 0 unspecified atom stereocenters. The number of ether oxygens (including phenoxy) is 1. The molecule has 0 fully saturated rings. The lowest BCUT2D eigenvalue weighted by Crippen LogP contribution is -2.30. The largest absolute Gasteiger partial charge is 0.480 e. The molecule has 0 spiro atoms. The van der Waals surface area contributed by atoms with Gasteiger partial charge in [-0.15, -0.1) is 0 Å². The number of carbonyl (C=O) groups excluding carboxylic acids is 1. The summed E-state index contributed by atoms with van der Waals surface area (Å²) < 4.78 is 6.55. The Morgan fingerprint density at radius 1 is 1.20 bits per heavy atom. The molecule has 1 amide bonds. The van der Waals surface area contributed by atoms with Gasteiger partial charge in [0.25, 0.3) is 5.91 Å². The molecule has 0 aliphatic carbocycles. The number of benzene rings is 2. The van der Waals surface area contributed by atoms with Gasteiger partial charge in [-0.2, -0.15) is 0 Å². The Hall–Kier alpha value is -1.86. The van der Waals surface area contributed by atoms with Crippen molar-refractivity contribution >= 4 is 51.0 Å². The third-order valence-electron chi connectivity index (χ3n) is 3.68. The molecule has 4 nitrogen and oxygen atoms in total. The fourth-order valence-electron chi connectivity index (χ4n) is 2.46. The molecule has 25 heavy (non-hydrogen) atoms. The van der Waals surface area contributed by atoms with Crippen molar-refractivity contribution in [3.63, 3.8) is 0 Å². The first-order valence-corrected chi connectivity index (χ1v) is 9.27. The average Bonchev–Trinajstić information content (AvgIpc) is 2.62. The van der Waals surface area contributed by atoms with Gasteiger partial charge < -0.3 is 10.1 Å². The first kappa shape index (κ1) is 17.9. The Morgan fingerprint density at radius 2 is 2.00 bits per heavy atom. The molecule has 0 saturated heterocycles. The van der Waals surface area contributed by atoms with Crippen molar-refractivity contribution in [3.05, 3.63) is 68.9 Å². The summed E-state index contributed by atoms with van der Waals surface area (Å²) in [6.45, 7) is 0.515. The molecule has 0 radical (unpaired) electrons. The van der Waals surface area contributed by atoms with Gasteiger partial charge in [0.05, 0.1) is 8.59 Å². The maximum Gasteiger partial charge on any atom is 0.257 e. The number of amides is 1. The van der Waals surface area contributed by atoms with Gasteiger partial charge in [-0.05, 0) is 52.8 Å². The minimum absolute atomic E-state index is 0.0574. The van der Waals surface area contributed by atoms with E-state index in [1.807, 2.05) is 48.5 Å². The Bertz CT molecular complexity index is 887. The highest BCUT2D eigenvalue weighted by Crippen LogP contribution is 2.34. The number of halogens is 2. The second kappa shape index (κ2) is 8.49. The minimum atomic E-state index is -0.161. The zero-order chi connectivity index (χ0) is 17.6. The van der Waals surface area contributed by atoms with E-state index in [2.05, 4.69) is 32.9 Å². The van der Waals surface area contributed by atoms with Crippen molar-refractivity contribution in [2.75, 3.05) is 13.2 Å². The van der Waals surface area contributed by atoms with Crippen LogP contribution in [0.3, 0.4) is 0 Å². The van der Waals surface area contributed by atoms with Gasteiger partial charge in [-0.3, -0.25) is 9.78 Å². The maximum absolute atomic E-state index is 12.0. The summed E-state index contributed by atoms with van der Waals surface area (Å²) in [5.74, 6) is 0.421. The Morgan fingerprint density at radius 3 is 2.80 bits per heavy atom. The predicted octanol–water partition coefficient (Wildman–Crippen LogP) is 4.23. The third-order valence-corrected chi connectivity index (χ3v) is 4.79. The van der Waals surface area contributed by atoms with Crippen LogP contribution in [-0.2, 0) is 11.2 Å². The molecule has 2 aromatic carbocycles. The van der Waals surface area contributed by atoms with Crippen LogP contribution < -0.4 is 10.1 Å². The number of hydrogen-bond donors (Lipinski definition) is 1. The van der Waals surface area contributed by atoms with E-state index < -0.39 is 0 Å². The zero-order valence-electron chi connectivity index (χ0n) is 13.3. The number of aromatic nitrogens is 1. The van der Waals surface area contributed by atoms with E-state index in [1.165, 1.54) is 5.56 Å². The normalized spacial score (nSPS) is 10.6. The molecule has 1 aromatic heterocycles. The Kier molecular flexibility index (Phi) is 6.09. The van der Waals surface area contributed by atoms with Crippen molar-refractivity contribution in [1.29, 1.82) is 0 Å². The molecule has 128 valence electrons. The van der Waals surface area contributed by atoms with Crippen LogP contribution in [-0.4, -0.2) is 24.0 Å². The van der Waals surface area contributed by atoms with Gasteiger partial charge in [0, 0.05) is 18.1 Å². The second-order valence-electron chi connectivity index (χ2n) is 5.44. The van der Waals surface area contributed by atoms with E-state index >= 15 is 0 Å². The summed E-state index contributed by atoms with van der Waals surface area (Å²) in [6.07, 6.45) is 2.47. The first-order chi connectivity index (χ1) is 12.1. The standard InChI is InChI=1S/C19H16ClIN2O2/c20-15-11-16(21)19(18-14(15)7-4-9-23-18)25-12-17(24)22-10-8-13-5-2-1-3-6-13/h1-7,9,11H,8,10,12H2,(H,22,24). The van der Waals surface area contributed by atoms with Crippen LogP contribution in [0.4, 0.5) is 0 Å². The van der Waals surface area contributed by atoms with Gasteiger partial charge >= 0.3 is 0 Å². The Labute approximate surface area is 164 Å². The summed E-state index contributed by atoms with van der Waals surface area (Å²) in [5, 5.41) is 4.29. The van der Waals surface area contributed by atoms with Gasteiger partial charge in [0.15, 0.2) is 12.4 Å². The Balaban J connectivity index is 1.60. The topological polar surface area (TPSA) is 51.2 Å². The molecule has 3 aromatic rings. The van der Waals surface area contributed by atoms with Crippen molar-refractivity contribution in [2.45, 2.75) is 6.42 Å². The van der Waals surface area contributed by atoms with Crippen LogP contribution in [0.1, 0.15) is 5.56 Å². The lowest BCUT2D eigenvalue weighted by Gasteiger charge is -2.12. The second-order valence-corrected chi connectivity index (χ2v) is 7.01. The highest BCUT2D eigenvalue weighted by atomic mass is 127. The number of fused-ring (bicyclic) bond motifs is 1. The van der Waals surface area contributed by atoms with E-state index in [4.69, 9.17) is 16.3 Å². The van der Waals surface area contributed by atoms with Crippen LogP contribution in [0.5, 0.6) is 5.75 Å². The van der Waals surface area contributed by atoms with Gasteiger partial charge in [-0.1, -0.05) is 41.9 Å². The first-order valence-electron chi connectivity index (χ1n) is 7.81. The minimum Gasteiger partial charge on any atom is -0.480 e. The summed E-state index contributed by atoms with van der Waals surface area (Å²) in [5.41, 5.74) is 1.85. The van der Waals surface area contributed by atoms with Crippen molar-refractivity contribution in [2.24, 2.45) is 0 Å². The molecule has 0 saturated carbocycles. The van der Waals surface area contributed by atoms with Gasteiger partial charge in [0.2, 0.25) is 0 Å². The van der Waals surface area contributed by atoms with Crippen molar-refractivity contribution in [3.8, 4) is 5.75 Å². The van der Waals surface area contributed by atoms with Crippen molar-refractivity contribution < 1.29 is 9.53 Å². The fourth-order valence-corrected chi connectivity index (χ4v) is 3.63. The molecule has 6 heteroatoms. The van der Waals surface area contributed by atoms with Crippen LogP contribution in [0.2, 0.25) is 5.02 Å². The van der Waals surface area contributed by atoms with E-state index in [-0.39, 0.29) is 12.5 Å². The lowest BCUT2D eigenvalue weighted by molar-refractivity contribution is -0.123. The quantitative estimate of drug-likeness (QED) is 0.553. The number of hydrogen-bond acceptors (Lipinski definition) is 3. The predicted molar refractivity (Wildman–Crippen MR) is 108 cm³/mol. The SMILES string of the molecule is O=C(COc1c(I)cc(Cl)c2cccnc12)NCCc1ccccc1. The number of nitrogens with zero attached hydrogens (tertiary/aromatic N) is 1. The zero-order valence-corrected chi connectivity index (χ0v) is 16.3. The molecule has 0 aliphatic heterocycles. The monoisotopic (exact) mass is 466 g/mol. The van der Waals surface area contributed by atoms with Crippen LogP contribution in [0.25, 0.3) is 10.9 Å². The average molecular weight is 467 g/mol. The molecular weight excluding hydrogens is 451 g/mol. The molecule has 0 bridgehead atoms. The van der Waals surface area contributed by atoms with E-state index in [0.29, 0.717) is 22.8 Å². The number of pyridine rings is 1. The number of rotatable bonds is 6. The van der Waals surface area contributed by atoms with Gasteiger partial charge in [-0.25, -0.2) is 0 Å². The third kappa shape index (κ3) is 4.61. The number of carbonyl (C=O) groups is 1. The highest BCUT2D eigenvalue weighted by Gasteiger charge is 2.13. The van der Waals surface area contributed by atoms with Gasteiger partial charge in [0.1, 0.15) is 5.52 Å². The molecule has 1 heterocycles. The highest BCUT2D eigenvalue weighted by molar-refractivity contribution is 14.1. The molecular formula is C19H16ClIN2O2. The summed E-state index contributed by atoms with van der Waals surface area (Å²) in [7, 11) is 0. The van der Waals surface area contributed by atoms with Crippen LogP contribution in [0, 0.1) is 3.57 Å². The molecule has 0 atom stereocenters. The molecule has 0 aliphatic rings.